The first kappa shape index (κ1) is 22.0. The molecule has 4 aromatic rings. The molecule has 174 valence electrons. The molecule has 0 spiro atoms. The molecule has 1 unspecified atom stereocenters. The summed E-state index contributed by atoms with van der Waals surface area (Å²) < 4.78 is 22.6. The first-order chi connectivity index (χ1) is 16.6. The lowest BCUT2D eigenvalue weighted by atomic mass is 10.2. The molecule has 2 aromatic heterocycles. The van der Waals surface area contributed by atoms with E-state index in [1.54, 1.807) is 7.05 Å². The summed E-state index contributed by atoms with van der Waals surface area (Å²) >= 11 is 1.17. The summed E-state index contributed by atoms with van der Waals surface area (Å²) in [7, 11) is 1.63. The maximum Gasteiger partial charge on any atom is 0.316 e. The van der Waals surface area contributed by atoms with Gasteiger partial charge in [-0.25, -0.2) is 9.97 Å². The highest BCUT2D eigenvalue weighted by Crippen LogP contribution is 2.32. The molecule has 0 fully saturated rings. The Morgan fingerprint density at radius 3 is 2.79 bits per heavy atom. The average Bonchev–Trinajstić information content (AvgIpc) is 3.25. The minimum atomic E-state index is -0.527. The van der Waals surface area contributed by atoms with Crippen LogP contribution < -0.4 is 9.47 Å². The Kier molecular flexibility index (Phi) is 6.22. The number of carbonyl (C=O) groups is 2. The Hall–Kier alpha value is -3.79. The second-order valence-electron chi connectivity index (χ2n) is 7.68. The van der Waals surface area contributed by atoms with Crippen LogP contribution in [0.5, 0.6) is 11.5 Å². The van der Waals surface area contributed by atoms with E-state index in [0.717, 1.165) is 5.39 Å². The first-order valence-electron chi connectivity index (χ1n) is 10.6. The minimum absolute atomic E-state index is 0.0173. The molecule has 0 radical (unpaired) electrons. The van der Waals surface area contributed by atoms with Crippen LogP contribution in [0.4, 0.5) is 0 Å². The molecule has 0 N–H and O–H groups in total. The monoisotopic (exact) mass is 479 g/mol. The fraction of sp³-hybridized carbons (Fsp3) is 0.250. The predicted octanol–water partition coefficient (Wildman–Crippen LogP) is 3.31. The van der Waals surface area contributed by atoms with Gasteiger partial charge in [0.25, 0.3) is 5.91 Å². The molecule has 34 heavy (non-hydrogen) atoms. The number of fused-ring (bicyclic) bond motifs is 4. The van der Waals surface area contributed by atoms with Gasteiger partial charge in [0.1, 0.15) is 29.1 Å². The number of furan rings is 1. The Bertz CT molecular complexity index is 1360. The molecule has 9 nitrogen and oxygen atoms in total. The smallest absolute Gasteiger partial charge is 0.316 e. The van der Waals surface area contributed by atoms with E-state index in [0.29, 0.717) is 46.4 Å². The third kappa shape index (κ3) is 4.62. The molecule has 0 saturated carbocycles. The number of benzene rings is 2. The number of ether oxygens (including phenoxy) is 3. The number of aromatic nitrogens is 2. The number of para-hydroxylation sites is 3. The lowest BCUT2D eigenvalue weighted by Gasteiger charge is -2.29. The summed E-state index contributed by atoms with van der Waals surface area (Å²) in [6.07, 6.45) is 1.13. The Balaban J connectivity index is 1.11. The van der Waals surface area contributed by atoms with E-state index in [2.05, 4.69) is 9.97 Å². The fourth-order valence-corrected chi connectivity index (χ4v) is 4.32. The van der Waals surface area contributed by atoms with Gasteiger partial charge in [-0.3, -0.25) is 9.59 Å². The van der Waals surface area contributed by atoms with Crippen molar-refractivity contribution in [2.45, 2.75) is 11.1 Å². The lowest BCUT2D eigenvalue weighted by Crippen LogP contribution is -2.43. The van der Waals surface area contributed by atoms with Crippen LogP contribution >= 0.6 is 11.8 Å². The van der Waals surface area contributed by atoms with E-state index in [1.807, 2.05) is 48.5 Å². The van der Waals surface area contributed by atoms with Gasteiger partial charge >= 0.3 is 5.97 Å². The van der Waals surface area contributed by atoms with Crippen molar-refractivity contribution in [3.8, 4) is 11.5 Å². The largest absolute Gasteiger partial charge is 0.486 e. The number of nitrogens with zero attached hydrogens (tertiary/aromatic N) is 3. The molecular weight excluding hydrogens is 458 g/mol. The molecule has 0 saturated heterocycles. The van der Waals surface area contributed by atoms with Crippen molar-refractivity contribution in [1.29, 1.82) is 0 Å². The van der Waals surface area contributed by atoms with E-state index < -0.39 is 5.97 Å². The van der Waals surface area contributed by atoms with Crippen molar-refractivity contribution in [1.82, 2.24) is 14.9 Å². The molecule has 5 rings (SSSR count). The highest BCUT2D eigenvalue weighted by atomic mass is 32.2. The van der Waals surface area contributed by atoms with E-state index in [9.17, 15) is 9.59 Å². The molecule has 3 heterocycles. The molecule has 1 atom stereocenters. The van der Waals surface area contributed by atoms with Gasteiger partial charge in [0.2, 0.25) is 0 Å². The van der Waals surface area contributed by atoms with Crippen molar-refractivity contribution in [2.24, 2.45) is 0 Å². The summed E-state index contributed by atoms with van der Waals surface area (Å²) in [6, 6.07) is 14.9. The van der Waals surface area contributed by atoms with Gasteiger partial charge in [-0.1, -0.05) is 36.0 Å². The molecule has 1 aliphatic heterocycles. The SMILES string of the molecule is CN(CC1COc2ccccc2O1)C(=O)COC(=O)CSc1ncnc2c1oc1ccccc12. The molecule has 10 heteroatoms. The highest BCUT2D eigenvalue weighted by molar-refractivity contribution is 8.00. The van der Waals surface area contributed by atoms with Gasteiger partial charge < -0.3 is 23.5 Å². The standard InChI is InChI=1S/C24H21N3O6S/c1-27(10-15-11-30-18-8-4-5-9-19(18)32-15)20(28)12-31-21(29)13-34-24-23-22(25-14-26-24)16-6-2-3-7-17(16)33-23/h2-9,14-15H,10-13H2,1H3. The van der Waals surface area contributed by atoms with Crippen molar-refractivity contribution in [2.75, 3.05) is 32.6 Å². The number of rotatable bonds is 7. The van der Waals surface area contributed by atoms with Crippen molar-refractivity contribution in [3.63, 3.8) is 0 Å². The maximum absolute atomic E-state index is 12.4. The van der Waals surface area contributed by atoms with Crippen LogP contribution in [0.3, 0.4) is 0 Å². The number of likely N-dealkylation sites (N-methyl/N-ethyl adjacent to an activating group) is 1. The summed E-state index contributed by atoms with van der Waals surface area (Å²) in [6.45, 7) is 0.286. The zero-order chi connectivity index (χ0) is 23.5. The van der Waals surface area contributed by atoms with Crippen molar-refractivity contribution < 1.29 is 28.2 Å². The molecule has 0 aliphatic carbocycles. The average molecular weight is 480 g/mol. The molecule has 0 bridgehead atoms. The second-order valence-corrected chi connectivity index (χ2v) is 8.64. The summed E-state index contributed by atoms with van der Waals surface area (Å²) in [4.78, 5) is 34.7. The van der Waals surface area contributed by atoms with Gasteiger partial charge in [-0.05, 0) is 24.3 Å². The number of hydrogen-bond acceptors (Lipinski definition) is 9. The zero-order valence-corrected chi connectivity index (χ0v) is 19.1. The van der Waals surface area contributed by atoms with Crippen LogP contribution in [0.25, 0.3) is 22.1 Å². The third-order valence-corrected chi connectivity index (χ3v) is 6.22. The number of carbonyl (C=O) groups excluding carboxylic acids is 2. The van der Waals surface area contributed by atoms with E-state index in [-0.39, 0.29) is 24.4 Å². The minimum Gasteiger partial charge on any atom is -0.486 e. The van der Waals surface area contributed by atoms with Crippen LogP contribution in [0.1, 0.15) is 0 Å². The molecule has 1 aliphatic rings. The Morgan fingerprint density at radius 2 is 1.91 bits per heavy atom. The Labute approximate surface area is 199 Å². The maximum atomic E-state index is 12.4. The third-order valence-electron chi connectivity index (χ3n) is 5.28. The van der Waals surface area contributed by atoms with Gasteiger partial charge in [-0.15, -0.1) is 0 Å². The normalized spacial score (nSPS) is 14.8. The van der Waals surface area contributed by atoms with E-state index in [4.69, 9.17) is 18.6 Å². The number of hydrogen-bond donors (Lipinski definition) is 0. The van der Waals surface area contributed by atoms with E-state index in [1.165, 1.54) is 23.0 Å². The second kappa shape index (κ2) is 9.60. The number of amides is 1. The van der Waals surface area contributed by atoms with Crippen LogP contribution in [-0.4, -0.2) is 65.4 Å². The highest BCUT2D eigenvalue weighted by Gasteiger charge is 2.24. The van der Waals surface area contributed by atoms with Gasteiger partial charge in [0.15, 0.2) is 29.8 Å². The fourth-order valence-electron chi connectivity index (χ4n) is 3.59. The topological polar surface area (TPSA) is 104 Å². The van der Waals surface area contributed by atoms with Crippen molar-refractivity contribution >= 4 is 45.7 Å². The first-order valence-corrected chi connectivity index (χ1v) is 11.6. The van der Waals surface area contributed by atoms with Gasteiger partial charge in [0.05, 0.1) is 12.3 Å². The van der Waals surface area contributed by atoms with Crippen molar-refractivity contribution in [3.05, 3.63) is 54.9 Å². The van der Waals surface area contributed by atoms with Crippen LogP contribution in [-0.2, 0) is 14.3 Å². The summed E-state index contributed by atoms with van der Waals surface area (Å²) in [5.74, 6) is 0.452. The Morgan fingerprint density at radius 1 is 1.12 bits per heavy atom. The summed E-state index contributed by atoms with van der Waals surface area (Å²) in [5.41, 5.74) is 1.91. The van der Waals surface area contributed by atoms with E-state index >= 15 is 0 Å². The molecule has 2 aromatic carbocycles. The molecular formula is C24H21N3O6S. The number of thioether (sulfide) groups is 1. The molecule has 1 amide bonds. The van der Waals surface area contributed by atoms with Crippen LogP contribution in [0, 0.1) is 0 Å². The lowest BCUT2D eigenvalue weighted by molar-refractivity contribution is -0.149. The number of esters is 1. The predicted molar refractivity (Wildman–Crippen MR) is 125 cm³/mol. The van der Waals surface area contributed by atoms with Gasteiger partial charge in [-0.2, -0.15) is 0 Å². The zero-order valence-electron chi connectivity index (χ0n) is 18.3. The van der Waals surface area contributed by atoms with Gasteiger partial charge in [0, 0.05) is 12.4 Å². The van der Waals surface area contributed by atoms with Crippen LogP contribution in [0.2, 0.25) is 0 Å². The van der Waals surface area contributed by atoms with Crippen LogP contribution in [0.15, 0.2) is 64.3 Å². The quantitative estimate of drug-likeness (QED) is 0.224. The summed E-state index contributed by atoms with van der Waals surface area (Å²) in [5, 5.41) is 1.42.